The normalized spacial score (nSPS) is 14.2. The van der Waals surface area contributed by atoms with Gasteiger partial charge in [0.15, 0.2) is 12.4 Å². The van der Waals surface area contributed by atoms with Gasteiger partial charge in [-0.2, -0.15) is 4.90 Å². The highest BCUT2D eigenvalue weighted by molar-refractivity contribution is 5.98. The third-order valence-electron chi connectivity index (χ3n) is 7.20. The Morgan fingerprint density at radius 2 is 1.29 bits per heavy atom. The maximum atomic E-state index is 13.5. The molecule has 0 bridgehead atoms. The predicted octanol–water partition coefficient (Wildman–Crippen LogP) is 2.41. The smallest absolute Gasteiger partial charge is 0.420 e. The number of ether oxygens (including phenoxy) is 5. The minimum absolute atomic E-state index is 0.286. The zero-order valence-electron chi connectivity index (χ0n) is 31.5. The molecule has 5 atom stereocenters. The Morgan fingerprint density at radius 3 is 1.73 bits per heavy atom. The van der Waals surface area contributed by atoms with E-state index in [0.717, 1.165) is 26.2 Å². The topological polar surface area (TPSA) is 221 Å². The van der Waals surface area contributed by atoms with E-state index in [-0.39, 0.29) is 5.56 Å². The fraction of sp³-hybridized carbons (Fsp3) is 0.600. The number of imide groups is 1. The summed E-state index contributed by atoms with van der Waals surface area (Å²) < 4.78 is 25.3. The van der Waals surface area contributed by atoms with E-state index in [1.807, 2.05) is 0 Å². The van der Waals surface area contributed by atoms with Gasteiger partial charge in [-0.25, -0.2) is 19.2 Å². The minimum Gasteiger partial charge on any atom is -0.467 e. The lowest BCUT2D eigenvalue weighted by Gasteiger charge is -2.33. The number of likely N-dealkylation sites (N-methyl/N-ethyl adjacent to an activating group) is 1. The first kappa shape index (κ1) is 45.0. The van der Waals surface area contributed by atoms with Gasteiger partial charge in [-0.15, -0.1) is 0 Å². The van der Waals surface area contributed by atoms with Crippen molar-refractivity contribution in [3.63, 3.8) is 0 Å². The van der Waals surface area contributed by atoms with Gasteiger partial charge in [-0.05, 0) is 61.8 Å². The van der Waals surface area contributed by atoms with Gasteiger partial charge in [-0.1, -0.05) is 30.3 Å². The third kappa shape index (κ3) is 13.9. The highest BCUT2D eigenvalue weighted by Crippen LogP contribution is 2.21. The Kier molecular flexibility index (Phi) is 16.9. The molecule has 0 spiro atoms. The first-order valence-electron chi connectivity index (χ1n) is 16.4. The molecular formula is C35H51N3O14. The van der Waals surface area contributed by atoms with E-state index in [1.165, 1.54) is 67.5 Å². The molecule has 0 aliphatic heterocycles. The second-order valence-corrected chi connectivity index (χ2v) is 13.8. The van der Waals surface area contributed by atoms with Gasteiger partial charge < -0.3 is 39.0 Å². The van der Waals surface area contributed by atoms with Gasteiger partial charge in [0, 0.05) is 19.0 Å². The molecule has 2 N–H and O–H groups in total. The molecule has 0 saturated heterocycles. The average molecular weight is 738 g/mol. The van der Waals surface area contributed by atoms with Crippen LogP contribution in [0.4, 0.5) is 9.59 Å². The summed E-state index contributed by atoms with van der Waals surface area (Å²) in [6.07, 6.45) is -5.13. The number of nitrogens with zero attached hydrogens (tertiary/aromatic N) is 2. The number of amides is 4. The van der Waals surface area contributed by atoms with E-state index in [0.29, 0.717) is 4.90 Å². The van der Waals surface area contributed by atoms with Crippen molar-refractivity contribution in [3.05, 3.63) is 35.9 Å². The van der Waals surface area contributed by atoms with Crippen molar-refractivity contribution in [1.82, 2.24) is 15.1 Å². The number of esters is 3. The lowest BCUT2D eigenvalue weighted by Crippen LogP contribution is -2.58. The molecule has 0 aliphatic rings. The summed E-state index contributed by atoms with van der Waals surface area (Å²) in [6, 6.07) is 2.97. The quantitative estimate of drug-likeness (QED) is 0.150. The standard InChI is InChI=1S/C35H51N3O14/c1-20(29(43)50-19-24(40)22-15-13-12-14-16-22)26(31(45)49-11)36-28(42)27(21(2)39)37(9)25(41)18-17-23(30(44)48-10)38(32(46)51-34(3,4)5)33(47)52-35(6,7)8/h12-16,20-21,23,26-27,39H,17-19H2,1-11H3,(H,36,42)/t20-,21-,23+,26+,27+/m0/s1. The Balaban J connectivity index is 3.24. The van der Waals surface area contributed by atoms with Crippen molar-refractivity contribution < 1.29 is 67.1 Å². The summed E-state index contributed by atoms with van der Waals surface area (Å²) in [7, 11) is 3.18. The van der Waals surface area contributed by atoms with E-state index < -0.39 is 108 Å². The van der Waals surface area contributed by atoms with Crippen molar-refractivity contribution in [2.75, 3.05) is 27.9 Å². The van der Waals surface area contributed by atoms with Crippen molar-refractivity contribution in [2.24, 2.45) is 5.92 Å². The van der Waals surface area contributed by atoms with Gasteiger partial charge in [0.25, 0.3) is 0 Å². The summed E-state index contributed by atoms with van der Waals surface area (Å²) in [5.41, 5.74) is -1.91. The van der Waals surface area contributed by atoms with Crippen LogP contribution in [0.3, 0.4) is 0 Å². The number of Topliss-reactive ketones (excluding diaryl/α,β-unsaturated/α-hetero) is 1. The van der Waals surface area contributed by atoms with Crippen molar-refractivity contribution in [2.45, 2.75) is 104 Å². The number of carbonyl (C=O) groups excluding carboxylic acids is 8. The van der Waals surface area contributed by atoms with E-state index in [2.05, 4.69) is 5.32 Å². The molecule has 0 radical (unpaired) electrons. The minimum atomic E-state index is -1.71. The summed E-state index contributed by atoms with van der Waals surface area (Å²) in [5.74, 6) is -6.97. The van der Waals surface area contributed by atoms with Crippen LogP contribution < -0.4 is 5.32 Å². The SMILES string of the molecule is COC(=O)[C@@H](CCC(=O)N(C)[C@@H](C(=O)N[C@@H](C(=O)OC)[C@H](C)C(=O)OCC(=O)c1ccccc1)[C@H](C)O)N(C(=O)OC(C)(C)C)C(=O)OC(C)(C)C. The molecule has 0 saturated carbocycles. The monoisotopic (exact) mass is 737 g/mol. The van der Waals surface area contributed by atoms with Crippen LogP contribution in [0, 0.1) is 5.92 Å². The Morgan fingerprint density at radius 1 is 0.788 bits per heavy atom. The number of nitrogens with one attached hydrogen (secondary N) is 1. The summed E-state index contributed by atoms with van der Waals surface area (Å²) in [5, 5.41) is 12.9. The number of aliphatic hydroxyl groups is 1. The molecule has 52 heavy (non-hydrogen) atoms. The molecule has 1 rings (SSSR count). The molecule has 4 amide bonds. The van der Waals surface area contributed by atoms with E-state index in [1.54, 1.807) is 18.2 Å². The van der Waals surface area contributed by atoms with E-state index in [9.17, 15) is 43.5 Å². The zero-order valence-corrected chi connectivity index (χ0v) is 31.5. The highest BCUT2D eigenvalue weighted by atomic mass is 16.6. The molecule has 290 valence electrons. The molecule has 17 nitrogen and oxygen atoms in total. The van der Waals surface area contributed by atoms with Crippen LogP contribution in [-0.4, -0.2) is 126 Å². The van der Waals surface area contributed by atoms with Gasteiger partial charge in [0.05, 0.1) is 26.2 Å². The predicted molar refractivity (Wildman–Crippen MR) is 182 cm³/mol. The molecular weight excluding hydrogens is 686 g/mol. The number of rotatable bonds is 15. The second-order valence-electron chi connectivity index (χ2n) is 13.8. The lowest BCUT2D eigenvalue weighted by molar-refractivity contribution is -0.157. The molecule has 17 heteroatoms. The maximum absolute atomic E-state index is 13.5. The van der Waals surface area contributed by atoms with Crippen molar-refractivity contribution in [3.8, 4) is 0 Å². The fourth-order valence-electron chi connectivity index (χ4n) is 4.62. The van der Waals surface area contributed by atoms with Gasteiger partial charge in [0.1, 0.15) is 29.3 Å². The fourth-order valence-corrected chi connectivity index (χ4v) is 4.62. The highest BCUT2D eigenvalue weighted by Gasteiger charge is 2.42. The largest absolute Gasteiger partial charge is 0.467 e. The molecule has 0 unspecified atom stereocenters. The molecule has 0 aromatic heterocycles. The van der Waals surface area contributed by atoms with Gasteiger partial charge >= 0.3 is 30.1 Å². The molecule has 0 fully saturated rings. The number of aliphatic hydroxyl groups excluding tert-OH is 1. The molecule has 0 aliphatic carbocycles. The van der Waals surface area contributed by atoms with Crippen LogP contribution in [0.2, 0.25) is 0 Å². The summed E-state index contributed by atoms with van der Waals surface area (Å²) >= 11 is 0. The number of carbonyl (C=O) groups is 8. The Hall–Kier alpha value is -5.06. The molecule has 1 aromatic carbocycles. The first-order valence-corrected chi connectivity index (χ1v) is 16.4. The molecule has 1 aromatic rings. The number of methoxy groups -OCH3 is 2. The van der Waals surface area contributed by atoms with Crippen LogP contribution in [0.15, 0.2) is 30.3 Å². The van der Waals surface area contributed by atoms with E-state index in [4.69, 9.17) is 23.7 Å². The van der Waals surface area contributed by atoms with Crippen LogP contribution in [0.5, 0.6) is 0 Å². The summed E-state index contributed by atoms with van der Waals surface area (Å²) in [6.45, 7) is 11.0. The Bertz CT molecular complexity index is 1420. The summed E-state index contributed by atoms with van der Waals surface area (Å²) in [4.78, 5) is 105. The Labute approximate surface area is 303 Å². The van der Waals surface area contributed by atoms with Crippen LogP contribution >= 0.6 is 0 Å². The maximum Gasteiger partial charge on any atom is 0.420 e. The van der Waals surface area contributed by atoms with Gasteiger partial charge in [0.2, 0.25) is 11.8 Å². The average Bonchev–Trinajstić information content (AvgIpc) is 3.04. The number of ketones is 1. The lowest BCUT2D eigenvalue weighted by atomic mass is 10.0. The van der Waals surface area contributed by atoms with Crippen molar-refractivity contribution in [1.29, 1.82) is 0 Å². The van der Waals surface area contributed by atoms with E-state index >= 15 is 0 Å². The third-order valence-corrected chi connectivity index (χ3v) is 7.20. The van der Waals surface area contributed by atoms with Crippen molar-refractivity contribution >= 4 is 47.7 Å². The molecule has 0 heterocycles. The van der Waals surface area contributed by atoms with Crippen LogP contribution in [0.25, 0.3) is 0 Å². The first-order chi connectivity index (χ1) is 23.9. The number of benzene rings is 1. The van der Waals surface area contributed by atoms with Crippen LogP contribution in [0.1, 0.15) is 78.6 Å². The zero-order chi connectivity index (χ0) is 40.1. The second kappa shape index (κ2) is 19.5. The van der Waals surface area contributed by atoms with Gasteiger partial charge in [-0.3, -0.25) is 19.2 Å². The number of hydrogen-bond acceptors (Lipinski definition) is 14. The van der Waals surface area contributed by atoms with Crippen LogP contribution in [-0.2, 0) is 47.7 Å². The number of hydrogen-bond donors (Lipinski definition) is 2.